The predicted octanol–water partition coefficient (Wildman–Crippen LogP) is 6.12. The molecule has 2 atom stereocenters. The maximum Gasteiger partial charge on any atom is 0.240 e. The van der Waals surface area contributed by atoms with E-state index in [4.69, 9.17) is 0 Å². The topological polar surface area (TPSA) is 23.6 Å². The van der Waals surface area contributed by atoms with Gasteiger partial charge >= 0.3 is 0 Å². The molecule has 1 aliphatic heterocycles. The van der Waals surface area contributed by atoms with Crippen LogP contribution in [0.4, 0.5) is 4.39 Å². The number of carbonyl (C=O) groups is 1. The average molecular weight is 485 g/mol. The molecule has 1 fully saturated rings. The van der Waals surface area contributed by atoms with Crippen molar-refractivity contribution in [3.63, 3.8) is 0 Å². The number of carbonyl (C=O) groups excluding carboxylic acids is 1. The van der Waals surface area contributed by atoms with Gasteiger partial charge in [-0.25, -0.2) is 4.39 Å². The molecule has 1 amide bonds. The fourth-order valence-electron chi connectivity index (χ4n) is 6.18. The Morgan fingerprint density at radius 3 is 2.28 bits per heavy atom. The molecule has 0 radical (unpaired) electrons. The Bertz CT molecular complexity index is 1180. The average Bonchev–Trinajstić information content (AvgIpc) is 3.33. The quantitative estimate of drug-likeness (QED) is 0.404. The van der Waals surface area contributed by atoms with Crippen LogP contribution in [-0.4, -0.2) is 40.4 Å². The SMILES string of the molecule is Cc1ccccc1CC1CCCCN1[C@@H](C)C(=O)N(Cc1ccccc1F)C1Cc2ccccc2C1. The molecule has 1 unspecified atom stereocenters. The molecule has 2 aliphatic rings. The normalized spacial score (nSPS) is 19.1. The van der Waals surface area contributed by atoms with Crippen molar-refractivity contribution in [2.24, 2.45) is 0 Å². The lowest BCUT2D eigenvalue weighted by atomic mass is 9.92. The van der Waals surface area contributed by atoms with E-state index in [1.165, 1.54) is 34.7 Å². The van der Waals surface area contributed by atoms with Crippen LogP contribution in [-0.2, 0) is 30.6 Å². The lowest BCUT2D eigenvalue weighted by Crippen LogP contribution is -2.55. The number of fused-ring (bicyclic) bond motifs is 1. The number of piperidine rings is 1. The summed E-state index contributed by atoms with van der Waals surface area (Å²) in [6.45, 7) is 5.48. The summed E-state index contributed by atoms with van der Waals surface area (Å²) in [4.78, 5) is 18.6. The van der Waals surface area contributed by atoms with Crippen molar-refractivity contribution in [3.05, 3.63) is 106 Å². The molecule has 188 valence electrons. The zero-order chi connectivity index (χ0) is 25.1. The number of halogens is 1. The van der Waals surface area contributed by atoms with Gasteiger partial charge < -0.3 is 4.90 Å². The summed E-state index contributed by atoms with van der Waals surface area (Å²) < 4.78 is 14.7. The molecule has 0 spiro atoms. The molecule has 5 rings (SSSR count). The molecule has 3 aromatic rings. The van der Waals surface area contributed by atoms with Gasteiger partial charge in [0.25, 0.3) is 0 Å². The van der Waals surface area contributed by atoms with Crippen LogP contribution in [0.2, 0.25) is 0 Å². The number of nitrogens with zero attached hydrogens (tertiary/aromatic N) is 2. The van der Waals surface area contributed by atoms with Gasteiger partial charge in [-0.05, 0) is 80.8 Å². The first-order chi connectivity index (χ1) is 17.5. The second-order valence-electron chi connectivity index (χ2n) is 10.6. The molecule has 0 N–H and O–H groups in total. The maximum absolute atomic E-state index is 14.7. The monoisotopic (exact) mass is 484 g/mol. The van der Waals surface area contributed by atoms with Gasteiger partial charge in [0.2, 0.25) is 5.91 Å². The Morgan fingerprint density at radius 1 is 0.944 bits per heavy atom. The standard InChI is InChI=1S/C32H37FN2O/c1-23-11-3-4-12-25(23)19-29-16-9-10-18-34(29)24(2)32(36)35(22-28-15-7-8-17-31(28)33)30-20-26-13-5-6-14-27(26)21-30/h3-8,11-15,17,24,29-30H,9-10,16,18-22H2,1-2H3/t24-,29?/m0/s1. The third-order valence-electron chi connectivity index (χ3n) is 8.30. The van der Waals surface area contributed by atoms with Gasteiger partial charge in [-0.2, -0.15) is 0 Å². The molecule has 1 heterocycles. The van der Waals surface area contributed by atoms with Crippen molar-refractivity contribution >= 4 is 5.91 Å². The highest BCUT2D eigenvalue weighted by Gasteiger charge is 2.37. The first-order valence-corrected chi connectivity index (χ1v) is 13.4. The number of hydrogen-bond donors (Lipinski definition) is 0. The van der Waals surface area contributed by atoms with E-state index in [0.29, 0.717) is 18.2 Å². The smallest absolute Gasteiger partial charge is 0.240 e. The van der Waals surface area contributed by atoms with Crippen molar-refractivity contribution in [1.29, 1.82) is 0 Å². The van der Waals surface area contributed by atoms with Crippen LogP contribution < -0.4 is 0 Å². The minimum atomic E-state index is -0.242. The molecular weight excluding hydrogens is 447 g/mol. The molecule has 3 nitrogen and oxygen atoms in total. The second-order valence-corrected chi connectivity index (χ2v) is 10.6. The van der Waals surface area contributed by atoms with Gasteiger partial charge in [0.05, 0.1) is 6.04 Å². The summed E-state index contributed by atoms with van der Waals surface area (Å²) in [6.07, 6.45) is 6.04. The summed E-state index contributed by atoms with van der Waals surface area (Å²) in [6, 6.07) is 24.1. The summed E-state index contributed by atoms with van der Waals surface area (Å²) in [7, 11) is 0. The fraction of sp³-hybridized carbons (Fsp3) is 0.406. The molecule has 3 aromatic carbocycles. The number of benzene rings is 3. The number of hydrogen-bond acceptors (Lipinski definition) is 2. The minimum Gasteiger partial charge on any atom is -0.333 e. The van der Waals surface area contributed by atoms with Crippen LogP contribution in [0.15, 0.2) is 72.8 Å². The largest absolute Gasteiger partial charge is 0.333 e. The van der Waals surface area contributed by atoms with Crippen molar-refractivity contribution in [3.8, 4) is 0 Å². The van der Waals surface area contributed by atoms with Crippen LogP contribution in [0, 0.1) is 12.7 Å². The van der Waals surface area contributed by atoms with Crippen molar-refractivity contribution < 1.29 is 9.18 Å². The third-order valence-corrected chi connectivity index (χ3v) is 8.30. The van der Waals surface area contributed by atoms with Gasteiger partial charge in [0.1, 0.15) is 5.82 Å². The Morgan fingerprint density at radius 2 is 1.58 bits per heavy atom. The van der Waals surface area contributed by atoms with Crippen molar-refractivity contribution in [2.45, 2.75) is 77.0 Å². The van der Waals surface area contributed by atoms with Crippen molar-refractivity contribution in [2.75, 3.05) is 6.54 Å². The van der Waals surface area contributed by atoms with Gasteiger partial charge in [-0.3, -0.25) is 9.69 Å². The van der Waals surface area contributed by atoms with E-state index in [0.717, 1.165) is 38.6 Å². The highest BCUT2D eigenvalue weighted by atomic mass is 19.1. The minimum absolute atomic E-state index is 0.0524. The highest BCUT2D eigenvalue weighted by Crippen LogP contribution is 2.30. The van der Waals surface area contributed by atoms with E-state index >= 15 is 0 Å². The van der Waals surface area contributed by atoms with Crippen LogP contribution in [0.25, 0.3) is 0 Å². The lowest BCUT2D eigenvalue weighted by Gasteiger charge is -2.42. The van der Waals surface area contributed by atoms with Crippen LogP contribution in [0.5, 0.6) is 0 Å². The van der Waals surface area contributed by atoms with Gasteiger partial charge in [0, 0.05) is 24.2 Å². The fourth-order valence-corrected chi connectivity index (χ4v) is 6.18. The number of rotatable bonds is 7. The zero-order valence-corrected chi connectivity index (χ0v) is 21.5. The molecule has 0 aromatic heterocycles. The van der Waals surface area contributed by atoms with E-state index < -0.39 is 0 Å². The van der Waals surface area contributed by atoms with Gasteiger partial charge in [-0.15, -0.1) is 0 Å². The summed E-state index contributed by atoms with van der Waals surface area (Å²) in [5, 5.41) is 0. The molecule has 1 saturated heterocycles. The molecule has 4 heteroatoms. The van der Waals surface area contributed by atoms with E-state index in [-0.39, 0.29) is 23.8 Å². The van der Waals surface area contributed by atoms with Crippen LogP contribution >= 0.6 is 0 Å². The Hall–Kier alpha value is -2.98. The van der Waals surface area contributed by atoms with Crippen LogP contribution in [0.3, 0.4) is 0 Å². The Labute approximate surface area is 214 Å². The lowest BCUT2D eigenvalue weighted by molar-refractivity contribution is -0.141. The predicted molar refractivity (Wildman–Crippen MR) is 143 cm³/mol. The van der Waals surface area contributed by atoms with E-state index in [9.17, 15) is 9.18 Å². The summed E-state index contributed by atoms with van der Waals surface area (Å²) >= 11 is 0. The summed E-state index contributed by atoms with van der Waals surface area (Å²) in [5.74, 6) is -0.124. The van der Waals surface area contributed by atoms with E-state index in [2.05, 4.69) is 67.3 Å². The number of aryl methyl sites for hydroxylation is 1. The molecular formula is C32H37FN2O. The zero-order valence-electron chi connectivity index (χ0n) is 21.5. The first-order valence-electron chi connectivity index (χ1n) is 13.4. The van der Waals surface area contributed by atoms with Gasteiger partial charge in [0.15, 0.2) is 0 Å². The van der Waals surface area contributed by atoms with Gasteiger partial charge in [-0.1, -0.05) is 73.2 Å². The van der Waals surface area contributed by atoms with E-state index in [1.54, 1.807) is 6.07 Å². The number of amides is 1. The van der Waals surface area contributed by atoms with Crippen LogP contribution in [0.1, 0.15) is 54.0 Å². The highest BCUT2D eigenvalue weighted by molar-refractivity contribution is 5.82. The molecule has 36 heavy (non-hydrogen) atoms. The molecule has 1 aliphatic carbocycles. The van der Waals surface area contributed by atoms with Crippen molar-refractivity contribution in [1.82, 2.24) is 9.80 Å². The first kappa shape index (κ1) is 24.7. The second kappa shape index (κ2) is 11.0. The Balaban J connectivity index is 1.40. The molecule has 0 bridgehead atoms. The maximum atomic E-state index is 14.7. The van der Waals surface area contributed by atoms with E-state index in [1.807, 2.05) is 17.0 Å². The molecule has 0 saturated carbocycles. The number of likely N-dealkylation sites (tertiary alicyclic amines) is 1. The Kier molecular flexibility index (Phi) is 7.52. The third kappa shape index (κ3) is 5.24. The summed E-state index contributed by atoms with van der Waals surface area (Å²) in [5.41, 5.74) is 5.87.